The van der Waals surface area contributed by atoms with E-state index < -0.39 is 0 Å². The van der Waals surface area contributed by atoms with Gasteiger partial charge >= 0.3 is 0 Å². The monoisotopic (exact) mass is 228 g/mol. The molecule has 2 fully saturated rings. The molecule has 0 radical (unpaired) electrons. The summed E-state index contributed by atoms with van der Waals surface area (Å²) in [4.78, 5) is 4.93. The molecular weight excluding hydrogens is 196 g/mol. The molecule has 0 saturated carbocycles. The molecule has 2 heterocycles. The summed E-state index contributed by atoms with van der Waals surface area (Å²) in [5.74, 6) is 0. The van der Waals surface area contributed by atoms with Gasteiger partial charge in [-0.3, -0.25) is 0 Å². The van der Waals surface area contributed by atoms with Gasteiger partial charge < -0.3 is 9.80 Å². The van der Waals surface area contributed by atoms with Crippen LogP contribution in [0, 0.1) is 5.41 Å². The van der Waals surface area contributed by atoms with Crippen molar-refractivity contribution >= 4 is 0 Å². The molecule has 2 aliphatic rings. The van der Waals surface area contributed by atoms with Gasteiger partial charge in [-0.15, -0.1) is 0 Å². The maximum Gasteiger partial charge on any atom is 0.00479 e. The van der Waals surface area contributed by atoms with Crippen molar-refractivity contribution in [3.63, 3.8) is 0 Å². The second kappa shape index (κ2) is 8.08. The lowest BCUT2D eigenvalue weighted by Gasteiger charge is -2.48. The molecule has 2 saturated heterocycles. The number of hydrogen-bond donors (Lipinski definition) is 0. The average Bonchev–Trinajstić information content (AvgIpc) is 2.47. The lowest BCUT2D eigenvalue weighted by atomic mass is 9.74. The van der Waals surface area contributed by atoms with E-state index in [-0.39, 0.29) is 0 Å². The summed E-state index contributed by atoms with van der Waals surface area (Å²) in [5.41, 5.74) is 0.722. The van der Waals surface area contributed by atoms with Gasteiger partial charge in [-0.05, 0) is 51.9 Å². The van der Waals surface area contributed by atoms with Crippen LogP contribution in [0.5, 0.6) is 0 Å². The summed E-state index contributed by atoms with van der Waals surface area (Å²) in [6.45, 7) is 13.3. The summed E-state index contributed by atoms with van der Waals surface area (Å²) < 4.78 is 0. The van der Waals surface area contributed by atoms with Gasteiger partial charge in [-0.1, -0.05) is 27.7 Å². The fourth-order valence-electron chi connectivity index (χ4n) is 2.80. The van der Waals surface area contributed by atoms with Gasteiger partial charge in [0.25, 0.3) is 0 Å². The third-order valence-electron chi connectivity index (χ3n) is 3.48. The largest absolute Gasteiger partial charge is 0.306 e. The second-order valence-electron chi connectivity index (χ2n) is 4.83. The lowest BCUT2D eigenvalue weighted by molar-refractivity contribution is 0.00989. The van der Waals surface area contributed by atoms with Gasteiger partial charge in [0.2, 0.25) is 0 Å². The predicted molar refractivity (Wildman–Crippen MR) is 74.0 cm³/mol. The van der Waals surface area contributed by atoms with Gasteiger partial charge in [0.1, 0.15) is 0 Å². The number of likely N-dealkylation sites (tertiary alicyclic amines) is 2. The Morgan fingerprint density at radius 3 is 1.81 bits per heavy atom. The Balaban J connectivity index is 0.000000509. The predicted octanol–water partition coefficient (Wildman–Crippen LogP) is 3.09. The highest BCUT2D eigenvalue weighted by Crippen LogP contribution is 2.38. The van der Waals surface area contributed by atoms with Crippen LogP contribution < -0.4 is 0 Å². The SMILES string of the molecule is CC.CC.CN1CCCC2(CC1)CN(C)C2. The van der Waals surface area contributed by atoms with E-state index in [1.165, 1.54) is 45.4 Å². The Kier molecular flexibility index (Phi) is 8.04. The summed E-state index contributed by atoms with van der Waals surface area (Å²) >= 11 is 0. The quantitative estimate of drug-likeness (QED) is 0.629. The first-order valence-corrected chi connectivity index (χ1v) is 7.07. The molecule has 0 aromatic rings. The normalized spacial score (nSPS) is 24.4. The van der Waals surface area contributed by atoms with Gasteiger partial charge in [0.05, 0.1) is 0 Å². The summed E-state index contributed by atoms with van der Waals surface area (Å²) in [7, 11) is 4.49. The van der Waals surface area contributed by atoms with E-state index in [2.05, 4.69) is 23.9 Å². The second-order valence-corrected chi connectivity index (χ2v) is 4.83. The maximum atomic E-state index is 2.48. The highest BCUT2D eigenvalue weighted by molar-refractivity contribution is 4.94. The van der Waals surface area contributed by atoms with Crippen molar-refractivity contribution in [2.75, 3.05) is 40.3 Å². The Labute approximate surface area is 103 Å². The van der Waals surface area contributed by atoms with Crippen LogP contribution in [0.4, 0.5) is 0 Å². The van der Waals surface area contributed by atoms with Crippen LogP contribution in [-0.2, 0) is 0 Å². The molecule has 98 valence electrons. The first-order valence-electron chi connectivity index (χ1n) is 7.07. The maximum absolute atomic E-state index is 2.48. The van der Waals surface area contributed by atoms with Crippen LogP contribution in [-0.4, -0.2) is 50.1 Å². The van der Waals surface area contributed by atoms with E-state index in [1.54, 1.807) is 0 Å². The zero-order valence-corrected chi connectivity index (χ0v) is 12.3. The molecule has 0 aromatic carbocycles. The molecule has 2 heteroatoms. The highest BCUT2D eigenvalue weighted by Gasteiger charge is 2.40. The van der Waals surface area contributed by atoms with Crippen LogP contribution >= 0.6 is 0 Å². The van der Waals surface area contributed by atoms with Gasteiger partial charge in [-0.25, -0.2) is 0 Å². The van der Waals surface area contributed by atoms with E-state index in [4.69, 9.17) is 0 Å². The zero-order chi connectivity index (χ0) is 12.6. The minimum atomic E-state index is 0.722. The number of hydrogen-bond acceptors (Lipinski definition) is 2. The Hall–Kier alpha value is -0.0800. The topological polar surface area (TPSA) is 6.48 Å². The molecular formula is C14H32N2. The van der Waals surface area contributed by atoms with Crippen molar-refractivity contribution < 1.29 is 0 Å². The minimum absolute atomic E-state index is 0.722. The minimum Gasteiger partial charge on any atom is -0.306 e. The van der Waals surface area contributed by atoms with Crippen molar-refractivity contribution in [3.8, 4) is 0 Å². The fraction of sp³-hybridized carbons (Fsp3) is 1.00. The van der Waals surface area contributed by atoms with Crippen molar-refractivity contribution in [2.24, 2.45) is 5.41 Å². The smallest absolute Gasteiger partial charge is 0.00479 e. The third-order valence-corrected chi connectivity index (χ3v) is 3.48. The molecule has 2 rings (SSSR count). The third kappa shape index (κ3) is 4.42. The molecule has 2 aliphatic heterocycles. The molecule has 0 N–H and O–H groups in total. The molecule has 0 bridgehead atoms. The van der Waals surface area contributed by atoms with Crippen LogP contribution in [0.2, 0.25) is 0 Å². The van der Waals surface area contributed by atoms with Gasteiger partial charge in [-0.2, -0.15) is 0 Å². The van der Waals surface area contributed by atoms with Crippen LogP contribution in [0.15, 0.2) is 0 Å². The van der Waals surface area contributed by atoms with E-state index in [9.17, 15) is 0 Å². The van der Waals surface area contributed by atoms with Crippen molar-refractivity contribution in [3.05, 3.63) is 0 Å². The fourth-order valence-corrected chi connectivity index (χ4v) is 2.80. The number of nitrogens with zero attached hydrogens (tertiary/aromatic N) is 2. The standard InChI is InChI=1S/C10H20N2.2C2H6/c1-11-6-3-4-10(5-7-11)8-12(2)9-10;2*1-2/h3-9H2,1-2H3;2*1-2H3. The molecule has 0 unspecified atom stereocenters. The molecule has 1 spiro atoms. The average molecular weight is 228 g/mol. The number of rotatable bonds is 0. The Morgan fingerprint density at radius 2 is 1.31 bits per heavy atom. The van der Waals surface area contributed by atoms with E-state index in [0.29, 0.717) is 0 Å². The molecule has 0 aliphatic carbocycles. The van der Waals surface area contributed by atoms with Crippen molar-refractivity contribution in [2.45, 2.75) is 47.0 Å². The van der Waals surface area contributed by atoms with Crippen molar-refractivity contribution in [1.29, 1.82) is 0 Å². The van der Waals surface area contributed by atoms with Gasteiger partial charge in [0.15, 0.2) is 0 Å². The van der Waals surface area contributed by atoms with E-state index >= 15 is 0 Å². The summed E-state index contributed by atoms with van der Waals surface area (Å²) in [6.07, 6.45) is 4.29. The first kappa shape index (κ1) is 15.9. The summed E-state index contributed by atoms with van der Waals surface area (Å²) in [5, 5.41) is 0. The highest BCUT2D eigenvalue weighted by atomic mass is 15.2. The molecule has 16 heavy (non-hydrogen) atoms. The zero-order valence-electron chi connectivity index (χ0n) is 12.3. The van der Waals surface area contributed by atoms with Crippen LogP contribution in [0.25, 0.3) is 0 Å². The van der Waals surface area contributed by atoms with Crippen LogP contribution in [0.3, 0.4) is 0 Å². The Morgan fingerprint density at radius 1 is 0.750 bits per heavy atom. The van der Waals surface area contributed by atoms with E-state index in [1.807, 2.05) is 27.7 Å². The molecule has 0 amide bonds. The van der Waals surface area contributed by atoms with E-state index in [0.717, 1.165) is 5.41 Å². The van der Waals surface area contributed by atoms with Crippen LogP contribution in [0.1, 0.15) is 47.0 Å². The Bertz CT molecular complexity index is 162. The molecule has 0 aromatic heterocycles. The summed E-state index contributed by atoms with van der Waals surface area (Å²) in [6, 6.07) is 0. The first-order chi connectivity index (χ1) is 7.70. The lowest BCUT2D eigenvalue weighted by Crippen LogP contribution is -2.54. The molecule has 2 nitrogen and oxygen atoms in total. The van der Waals surface area contributed by atoms with Gasteiger partial charge in [0, 0.05) is 13.1 Å². The molecule has 0 atom stereocenters. The van der Waals surface area contributed by atoms with Crippen molar-refractivity contribution in [1.82, 2.24) is 9.80 Å².